The van der Waals surface area contributed by atoms with E-state index in [0.717, 1.165) is 0 Å². The molecule has 4 rings (SSSR count). The molecule has 1 unspecified atom stereocenters. The molecular weight excluding hydrogens is 354 g/mol. The normalized spacial score (nSPS) is 15.7. The van der Waals surface area contributed by atoms with E-state index in [1.54, 1.807) is 47.0 Å². The standard InChI is InChI=1S/C16H15N7O2S/c1-10-6-18-16-23(15(10)25)11(7-26-16)4-14(24)21-12-5-13(20-8-19-12)22-3-2-17-9-22/h2-3,5-6,8-9,11H,4,7H2,1H3,(H,19,20,21,24). The highest BCUT2D eigenvalue weighted by Crippen LogP contribution is 2.31. The highest BCUT2D eigenvalue weighted by molar-refractivity contribution is 7.99. The minimum absolute atomic E-state index is 0.0952. The first-order valence-corrected chi connectivity index (χ1v) is 8.91. The molecule has 3 aromatic rings. The summed E-state index contributed by atoms with van der Waals surface area (Å²) in [6, 6.07) is 1.44. The van der Waals surface area contributed by atoms with E-state index in [-0.39, 0.29) is 23.9 Å². The summed E-state index contributed by atoms with van der Waals surface area (Å²) in [6.07, 6.45) is 8.13. The molecule has 3 aromatic heterocycles. The van der Waals surface area contributed by atoms with Crippen LogP contribution in [0.1, 0.15) is 18.0 Å². The minimum atomic E-state index is -0.218. The molecule has 1 atom stereocenters. The minimum Gasteiger partial charge on any atom is -0.310 e. The third-order valence-electron chi connectivity index (χ3n) is 4.01. The van der Waals surface area contributed by atoms with Gasteiger partial charge in [-0.15, -0.1) is 0 Å². The molecule has 1 amide bonds. The number of nitrogens with zero attached hydrogens (tertiary/aromatic N) is 6. The molecule has 132 valence electrons. The first-order chi connectivity index (χ1) is 12.6. The van der Waals surface area contributed by atoms with Crippen molar-refractivity contribution in [3.63, 3.8) is 0 Å². The zero-order valence-corrected chi connectivity index (χ0v) is 14.7. The van der Waals surface area contributed by atoms with Gasteiger partial charge in [-0.2, -0.15) is 0 Å². The second-order valence-corrected chi connectivity index (χ2v) is 6.83. The number of rotatable bonds is 4. The van der Waals surface area contributed by atoms with E-state index in [9.17, 15) is 9.59 Å². The fourth-order valence-electron chi connectivity index (χ4n) is 2.73. The lowest BCUT2D eigenvalue weighted by Crippen LogP contribution is -2.28. The first-order valence-electron chi connectivity index (χ1n) is 7.93. The summed E-state index contributed by atoms with van der Waals surface area (Å²) in [5.74, 6) is 1.43. The molecule has 1 aliphatic rings. The predicted octanol–water partition coefficient (Wildman–Crippen LogP) is 1.20. The Hall–Kier alpha value is -3.01. The Labute approximate surface area is 152 Å². The fourth-order valence-corrected chi connectivity index (χ4v) is 3.84. The van der Waals surface area contributed by atoms with Crippen LogP contribution in [0.5, 0.6) is 0 Å². The Morgan fingerprint density at radius 2 is 2.27 bits per heavy atom. The third-order valence-corrected chi connectivity index (χ3v) is 5.12. The van der Waals surface area contributed by atoms with Gasteiger partial charge in [0.05, 0.1) is 6.04 Å². The summed E-state index contributed by atoms with van der Waals surface area (Å²) < 4.78 is 3.33. The highest BCUT2D eigenvalue weighted by Gasteiger charge is 2.27. The van der Waals surface area contributed by atoms with Crippen LogP contribution in [0.4, 0.5) is 5.82 Å². The van der Waals surface area contributed by atoms with E-state index >= 15 is 0 Å². The van der Waals surface area contributed by atoms with Gasteiger partial charge in [-0.05, 0) is 6.92 Å². The average molecular weight is 369 g/mol. The van der Waals surface area contributed by atoms with Gasteiger partial charge in [-0.3, -0.25) is 18.7 Å². The smallest absolute Gasteiger partial charge is 0.257 e. The summed E-state index contributed by atoms with van der Waals surface area (Å²) in [7, 11) is 0. The van der Waals surface area contributed by atoms with Crippen LogP contribution in [-0.4, -0.2) is 40.7 Å². The van der Waals surface area contributed by atoms with Crippen molar-refractivity contribution in [3.8, 4) is 5.82 Å². The molecule has 0 bridgehead atoms. The Balaban J connectivity index is 1.49. The number of nitrogens with one attached hydrogen (secondary N) is 1. The maximum atomic E-state index is 12.4. The molecular formula is C16H15N7O2S. The van der Waals surface area contributed by atoms with Crippen molar-refractivity contribution in [1.82, 2.24) is 29.1 Å². The summed E-state index contributed by atoms with van der Waals surface area (Å²) >= 11 is 1.48. The number of aromatic nitrogens is 6. The monoisotopic (exact) mass is 369 g/mol. The number of carbonyl (C=O) groups is 1. The topological polar surface area (TPSA) is 108 Å². The maximum absolute atomic E-state index is 12.4. The Morgan fingerprint density at radius 3 is 3.08 bits per heavy atom. The summed E-state index contributed by atoms with van der Waals surface area (Å²) in [5.41, 5.74) is 0.477. The molecule has 0 spiro atoms. The lowest BCUT2D eigenvalue weighted by Gasteiger charge is -2.13. The predicted molar refractivity (Wildman–Crippen MR) is 95.4 cm³/mol. The summed E-state index contributed by atoms with van der Waals surface area (Å²) in [4.78, 5) is 41.2. The van der Waals surface area contributed by atoms with Gasteiger partial charge in [-0.1, -0.05) is 11.8 Å². The fraction of sp³-hybridized carbons (Fsp3) is 0.250. The molecule has 26 heavy (non-hydrogen) atoms. The molecule has 0 aromatic carbocycles. The largest absolute Gasteiger partial charge is 0.310 e. The highest BCUT2D eigenvalue weighted by atomic mass is 32.2. The van der Waals surface area contributed by atoms with Gasteiger partial charge in [0.25, 0.3) is 5.56 Å². The van der Waals surface area contributed by atoms with E-state index in [2.05, 4.69) is 25.3 Å². The van der Waals surface area contributed by atoms with Gasteiger partial charge in [-0.25, -0.2) is 19.9 Å². The third kappa shape index (κ3) is 3.10. The van der Waals surface area contributed by atoms with Gasteiger partial charge in [0.1, 0.15) is 24.3 Å². The molecule has 1 aliphatic heterocycles. The van der Waals surface area contributed by atoms with Crippen LogP contribution in [0.2, 0.25) is 0 Å². The zero-order valence-electron chi connectivity index (χ0n) is 13.9. The van der Waals surface area contributed by atoms with Gasteiger partial charge < -0.3 is 5.32 Å². The van der Waals surface area contributed by atoms with Crippen LogP contribution >= 0.6 is 11.8 Å². The van der Waals surface area contributed by atoms with Gasteiger partial charge in [0.15, 0.2) is 5.16 Å². The number of amides is 1. The van der Waals surface area contributed by atoms with Crippen molar-refractivity contribution in [1.29, 1.82) is 0 Å². The van der Waals surface area contributed by atoms with E-state index < -0.39 is 0 Å². The number of thioether (sulfide) groups is 1. The molecule has 0 aliphatic carbocycles. The molecule has 1 N–H and O–H groups in total. The molecule has 9 nitrogen and oxygen atoms in total. The van der Waals surface area contributed by atoms with Crippen molar-refractivity contribution >= 4 is 23.5 Å². The molecule has 4 heterocycles. The number of hydrogen-bond acceptors (Lipinski definition) is 7. The lowest BCUT2D eigenvalue weighted by atomic mass is 10.2. The Kier molecular flexibility index (Phi) is 4.25. The molecule has 0 saturated carbocycles. The SMILES string of the molecule is Cc1cnc2n(c1=O)C(CC(=O)Nc1cc(-n3ccnc3)ncn1)CS2. The number of imidazole rings is 1. The van der Waals surface area contributed by atoms with Crippen molar-refractivity contribution in [2.24, 2.45) is 0 Å². The van der Waals surface area contributed by atoms with Crippen LogP contribution in [0.25, 0.3) is 5.82 Å². The van der Waals surface area contributed by atoms with Crippen molar-refractivity contribution in [2.45, 2.75) is 24.5 Å². The maximum Gasteiger partial charge on any atom is 0.257 e. The van der Waals surface area contributed by atoms with Crippen LogP contribution in [0, 0.1) is 6.92 Å². The van der Waals surface area contributed by atoms with Crippen molar-refractivity contribution in [3.05, 3.63) is 53.2 Å². The Bertz CT molecular complexity index is 1020. The van der Waals surface area contributed by atoms with Crippen LogP contribution in [0.15, 0.2) is 47.3 Å². The molecule has 0 saturated heterocycles. The molecule has 10 heteroatoms. The van der Waals surface area contributed by atoms with Crippen LogP contribution in [-0.2, 0) is 4.79 Å². The average Bonchev–Trinajstić information content (AvgIpc) is 3.29. The van der Waals surface area contributed by atoms with Gasteiger partial charge >= 0.3 is 0 Å². The van der Waals surface area contributed by atoms with E-state index in [0.29, 0.717) is 28.1 Å². The number of fused-ring (bicyclic) bond motifs is 1. The molecule has 0 fully saturated rings. The first kappa shape index (κ1) is 16.5. The quantitative estimate of drug-likeness (QED) is 0.689. The van der Waals surface area contributed by atoms with E-state index in [1.165, 1.54) is 18.1 Å². The number of hydrogen-bond donors (Lipinski definition) is 1. The molecule has 0 radical (unpaired) electrons. The van der Waals surface area contributed by atoms with E-state index in [4.69, 9.17) is 0 Å². The lowest BCUT2D eigenvalue weighted by molar-refractivity contribution is -0.116. The summed E-state index contributed by atoms with van der Waals surface area (Å²) in [6.45, 7) is 1.72. The van der Waals surface area contributed by atoms with E-state index in [1.807, 2.05) is 0 Å². The zero-order chi connectivity index (χ0) is 18.1. The number of carbonyl (C=O) groups excluding carboxylic acids is 1. The van der Waals surface area contributed by atoms with Crippen molar-refractivity contribution < 1.29 is 4.79 Å². The number of anilines is 1. The van der Waals surface area contributed by atoms with Crippen LogP contribution in [0.3, 0.4) is 0 Å². The Morgan fingerprint density at radius 1 is 1.38 bits per heavy atom. The second-order valence-electron chi connectivity index (χ2n) is 5.85. The number of aryl methyl sites for hydroxylation is 1. The second kappa shape index (κ2) is 6.71. The van der Waals surface area contributed by atoms with Gasteiger partial charge in [0, 0.05) is 42.4 Å². The van der Waals surface area contributed by atoms with Gasteiger partial charge in [0.2, 0.25) is 5.91 Å². The van der Waals surface area contributed by atoms with Crippen molar-refractivity contribution in [2.75, 3.05) is 11.1 Å². The summed E-state index contributed by atoms with van der Waals surface area (Å²) in [5, 5.41) is 3.42. The van der Waals surface area contributed by atoms with Crippen LogP contribution < -0.4 is 10.9 Å².